The molecule has 0 bridgehead atoms. The van der Waals surface area contributed by atoms with E-state index in [2.05, 4.69) is 0 Å². The van der Waals surface area contributed by atoms with Crippen LogP contribution in [0.25, 0.3) is 0 Å². The molecule has 1 aliphatic carbocycles. The van der Waals surface area contributed by atoms with Gasteiger partial charge in [0.2, 0.25) is 10.0 Å². The third-order valence-corrected chi connectivity index (χ3v) is 6.78. The average molecular weight is 308 g/mol. The molecule has 1 aromatic rings. The van der Waals surface area contributed by atoms with Gasteiger partial charge >= 0.3 is 0 Å². The molecule has 0 spiro atoms. The molecule has 0 aromatic heterocycles. The van der Waals surface area contributed by atoms with Crippen LogP contribution < -0.4 is 10.0 Å². The Bertz CT molecular complexity index is 621. The fourth-order valence-corrected chi connectivity index (χ4v) is 5.97. The molecule has 4 nitrogen and oxygen atoms in total. The molecule has 1 unspecified atom stereocenters. The minimum absolute atomic E-state index is 0.00427. The van der Waals surface area contributed by atoms with Gasteiger partial charge in [-0.05, 0) is 55.9 Å². The minimum atomic E-state index is -3.24. The van der Waals surface area contributed by atoms with Crippen molar-refractivity contribution in [3.05, 3.63) is 23.8 Å². The number of hydrogen-bond acceptors (Lipinski definition) is 3. The molecule has 116 valence electrons. The molecule has 0 radical (unpaired) electrons. The zero-order valence-electron chi connectivity index (χ0n) is 12.6. The first-order chi connectivity index (χ1) is 9.97. The summed E-state index contributed by atoms with van der Waals surface area (Å²) in [5.74, 6) is 0.620. The summed E-state index contributed by atoms with van der Waals surface area (Å²) in [5.41, 5.74) is 8.39. The van der Waals surface area contributed by atoms with Crippen LogP contribution >= 0.6 is 0 Å². The highest BCUT2D eigenvalue weighted by Gasteiger charge is 2.36. The Hall–Kier alpha value is -1.23. The van der Waals surface area contributed by atoms with Gasteiger partial charge in [0.1, 0.15) is 0 Å². The van der Waals surface area contributed by atoms with Crippen LogP contribution in [0.2, 0.25) is 0 Å². The lowest BCUT2D eigenvalue weighted by Crippen LogP contribution is -2.39. The quantitative estimate of drug-likeness (QED) is 0.873. The molecule has 21 heavy (non-hydrogen) atoms. The maximum atomic E-state index is 12.9. The van der Waals surface area contributed by atoms with Gasteiger partial charge in [-0.15, -0.1) is 0 Å². The Labute approximate surface area is 127 Å². The van der Waals surface area contributed by atoms with Crippen molar-refractivity contribution >= 4 is 21.4 Å². The number of rotatable bonds is 3. The van der Waals surface area contributed by atoms with Gasteiger partial charge in [0.15, 0.2) is 0 Å². The van der Waals surface area contributed by atoms with Crippen molar-refractivity contribution in [3.8, 4) is 0 Å². The van der Waals surface area contributed by atoms with Crippen LogP contribution in [-0.2, 0) is 16.4 Å². The van der Waals surface area contributed by atoms with Gasteiger partial charge in [-0.1, -0.05) is 19.3 Å². The van der Waals surface area contributed by atoms with E-state index in [-0.39, 0.29) is 6.04 Å². The Morgan fingerprint density at radius 3 is 2.67 bits per heavy atom. The van der Waals surface area contributed by atoms with E-state index in [0.717, 1.165) is 30.5 Å². The molecule has 5 heteroatoms. The molecule has 3 rings (SSSR count). The fourth-order valence-electron chi connectivity index (χ4n) is 3.78. The van der Waals surface area contributed by atoms with Crippen LogP contribution in [0.15, 0.2) is 18.2 Å². The number of nitrogens with two attached hydrogens (primary N) is 1. The van der Waals surface area contributed by atoms with Gasteiger partial charge in [-0.2, -0.15) is 0 Å². The van der Waals surface area contributed by atoms with Crippen LogP contribution in [0.5, 0.6) is 0 Å². The summed E-state index contributed by atoms with van der Waals surface area (Å²) in [6.07, 6.45) is 6.45. The molecular formula is C16H24N2O2S. The van der Waals surface area contributed by atoms with Crippen LogP contribution in [-0.4, -0.2) is 20.2 Å². The van der Waals surface area contributed by atoms with E-state index in [1.165, 1.54) is 19.3 Å². The van der Waals surface area contributed by atoms with Crippen molar-refractivity contribution in [1.29, 1.82) is 0 Å². The molecule has 1 fully saturated rings. The summed E-state index contributed by atoms with van der Waals surface area (Å²) in [6.45, 7) is 1.98. The summed E-state index contributed by atoms with van der Waals surface area (Å²) in [7, 11) is -3.24. The SMILES string of the molecule is CC1Cc2cc(N)ccc2N1S(=O)(=O)CC1CCCCC1. The number of sulfonamides is 1. The first-order valence-electron chi connectivity index (χ1n) is 7.88. The summed E-state index contributed by atoms with van der Waals surface area (Å²) in [4.78, 5) is 0. The minimum Gasteiger partial charge on any atom is -0.399 e. The Morgan fingerprint density at radius 1 is 1.24 bits per heavy atom. The molecule has 1 atom stereocenters. The second kappa shape index (κ2) is 5.52. The lowest BCUT2D eigenvalue weighted by molar-refractivity contribution is 0.384. The van der Waals surface area contributed by atoms with Gasteiger partial charge in [-0.3, -0.25) is 4.31 Å². The first kappa shape index (κ1) is 14.7. The fraction of sp³-hybridized carbons (Fsp3) is 0.625. The highest BCUT2D eigenvalue weighted by atomic mass is 32.2. The van der Waals surface area contributed by atoms with Crippen LogP contribution in [0.3, 0.4) is 0 Å². The maximum absolute atomic E-state index is 12.9. The summed E-state index contributed by atoms with van der Waals surface area (Å²) in [5, 5.41) is 0. The van der Waals surface area contributed by atoms with Crippen molar-refractivity contribution in [2.24, 2.45) is 5.92 Å². The topological polar surface area (TPSA) is 63.4 Å². The van der Waals surface area contributed by atoms with E-state index in [1.807, 2.05) is 19.1 Å². The number of nitrogens with zero attached hydrogens (tertiary/aromatic N) is 1. The zero-order valence-corrected chi connectivity index (χ0v) is 13.4. The van der Waals surface area contributed by atoms with Crippen LogP contribution in [0.1, 0.15) is 44.6 Å². The number of anilines is 2. The second-order valence-corrected chi connectivity index (χ2v) is 8.41. The normalized spacial score (nSPS) is 23.3. The number of benzene rings is 1. The second-order valence-electron chi connectivity index (χ2n) is 6.52. The van der Waals surface area contributed by atoms with Gasteiger partial charge in [0.25, 0.3) is 0 Å². The number of hydrogen-bond donors (Lipinski definition) is 1. The van der Waals surface area contributed by atoms with Crippen molar-refractivity contribution in [3.63, 3.8) is 0 Å². The largest absolute Gasteiger partial charge is 0.399 e. The average Bonchev–Trinajstić information content (AvgIpc) is 2.75. The van der Waals surface area contributed by atoms with Crippen LogP contribution in [0, 0.1) is 5.92 Å². The molecule has 1 saturated carbocycles. The van der Waals surface area contributed by atoms with Gasteiger partial charge < -0.3 is 5.73 Å². The molecule has 2 N–H and O–H groups in total. The predicted octanol–water partition coefficient (Wildman–Crippen LogP) is 2.93. The Balaban J connectivity index is 1.85. The number of fused-ring (bicyclic) bond motifs is 1. The van der Waals surface area contributed by atoms with Gasteiger partial charge in [0.05, 0.1) is 11.4 Å². The molecule has 0 saturated heterocycles. The van der Waals surface area contributed by atoms with E-state index in [9.17, 15) is 8.42 Å². The maximum Gasteiger partial charge on any atom is 0.235 e. The van der Waals surface area contributed by atoms with E-state index in [4.69, 9.17) is 5.73 Å². The Morgan fingerprint density at radius 2 is 1.95 bits per heavy atom. The standard InChI is InChI=1S/C16H24N2O2S/c1-12-9-14-10-15(17)7-8-16(14)18(12)21(19,20)11-13-5-3-2-4-6-13/h7-8,10,12-13H,2-6,9,11,17H2,1H3. The van der Waals surface area contributed by atoms with E-state index >= 15 is 0 Å². The van der Waals surface area contributed by atoms with Crippen molar-refractivity contribution in [2.45, 2.75) is 51.5 Å². The van der Waals surface area contributed by atoms with E-state index in [1.54, 1.807) is 10.4 Å². The molecular weight excluding hydrogens is 284 g/mol. The monoisotopic (exact) mass is 308 g/mol. The van der Waals surface area contributed by atoms with Crippen molar-refractivity contribution in [2.75, 3.05) is 15.8 Å². The summed E-state index contributed by atoms with van der Waals surface area (Å²) >= 11 is 0. The highest BCUT2D eigenvalue weighted by molar-refractivity contribution is 7.92. The number of nitrogen functional groups attached to an aromatic ring is 1. The first-order valence-corrected chi connectivity index (χ1v) is 9.49. The molecule has 1 aliphatic heterocycles. The highest BCUT2D eigenvalue weighted by Crippen LogP contribution is 2.37. The lowest BCUT2D eigenvalue weighted by atomic mass is 9.91. The van der Waals surface area contributed by atoms with Crippen molar-refractivity contribution in [1.82, 2.24) is 0 Å². The van der Waals surface area contributed by atoms with E-state index < -0.39 is 10.0 Å². The summed E-state index contributed by atoms with van der Waals surface area (Å²) in [6, 6.07) is 5.55. The third kappa shape index (κ3) is 2.89. The van der Waals surface area contributed by atoms with Crippen molar-refractivity contribution < 1.29 is 8.42 Å². The van der Waals surface area contributed by atoms with Crippen LogP contribution in [0.4, 0.5) is 11.4 Å². The molecule has 2 aliphatic rings. The summed E-state index contributed by atoms with van der Waals surface area (Å²) < 4.78 is 27.3. The molecule has 1 heterocycles. The van der Waals surface area contributed by atoms with Gasteiger partial charge in [0, 0.05) is 11.7 Å². The third-order valence-electron chi connectivity index (χ3n) is 4.73. The molecule has 1 aromatic carbocycles. The predicted molar refractivity (Wildman–Crippen MR) is 86.9 cm³/mol. The smallest absolute Gasteiger partial charge is 0.235 e. The lowest BCUT2D eigenvalue weighted by Gasteiger charge is -2.28. The molecule has 0 amide bonds. The van der Waals surface area contributed by atoms with Gasteiger partial charge in [-0.25, -0.2) is 8.42 Å². The zero-order chi connectivity index (χ0) is 15.0. The van der Waals surface area contributed by atoms with E-state index in [0.29, 0.717) is 17.4 Å². The Kier molecular flexibility index (Phi) is 3.86.